The van der Waals surface area contributed by atoms with Crippen molar-refractivity contribution >= 4 is 15.5 Å². The van der Waals surface area contributed by atoms with Gasteiger partial charge in [0.1, 0.15) is 0 Å². The maximum absolute atomic E-state index is 13.3. The van der Waals surface area contributed by atoms with Gasteiger partial charge in [-0.05, 0) is 68.4 Å². The largest absolute Gasteiger partial charge is 0.399 e. The molecule has 3 nitrogen and oxygen atoms in total. The number of hydrogen-bond donors (Lipinski definition) is 1. The van der Waals surface area contributed by atoms with Crippen molar-refractivity contribution in [3.8, 4) is 0 Å². The number of anilines is 1. The van der Waals surface area contributed by atoms with E-state index in [-0.39, 0.29) is 16.1 Å². The minimum absolute atomic E-state index is 0.0118. The first kappa shape index (κ1) is 16.6. The molecule has 2 fully saturated rings. The molecular weight excluding hydrogens is 330 g/mol. The summed E-state index contributed by atoms with van der Waals surface area (Å²) < 4.78 is 26.5. The first-order chi connectivity index (χ1) is 11.8. The Labute approximate surface area is 150 Å². The smallest absolute Gasteiger partial charge is 0.181 e. The number of nitrogen functional groups attached to an aromatic ring is 1. The van der Waals surface area contributed by atoms with Gasteiger partial charge in [0.15, 0.2) is 9.84 Å². The van der Waals surface area contributed by atoms with Crippen LogP contribution in [0.3, 0.4) is 0 Å². The first-order valence-corrected chi connectivity index (χ1v) is 10.5. The van der Waals surface area contributed by atoms with E-state index in [9.17, 15) is 8.42 Å². The molecule has 2 aromatic carbocycles. The molecule has 0 heterocycles. The zero-order valence-electron chi connectivity index (χ0n) is 14.8. The van der Waals surface area contributed by atoms with E-state index in [4.69, 9.17) is 5.73 Å². The van der Waals surface area contributed by atoms with Gasteiger partial charge in [0.25, 0.3) is 0 Å². The van der Waals surface area contributed by atoms with Crippen molar-refractivity contribution in [2.24, 2.45) is 5.41 Å². The third-order valence-corrected chi connectivity index (χ3v) is 9.04. The second kappa shape index (κ2) is 5.34. The van der Waals surface area contributed by atoms with E-state index in [1.807, 2.05) is 38.1 Å². The van der Waals surface area contributed by atoms with E-state index < -0.39 is 9.84 Å². The van der Waals surface area contributed by atoms with Crippen LogP contribution in [0.15, 0.2) is 53.4 Å². The molecule has 2 aromatic rings. The molecule has 4 rings (SSSR count). The highest BCUT2D eigenvalue weighted by Gasteiger charge is 2.73. The van der Waals surface area contributed by atoms with Crippen molar-refractivity contribution in [2.75, 3.05) is 5.73 Å². The summed E-state index contributed by atoms with van der Waals surface area (Å²) in [6.45, 7) is 3.89. The number of nitrogens with two attached hydrogens (primary N) is 1. The third kappa shape index (κ3) is 2.27. The summed E-state index contributed by atoms with van der Waals surface area (Å²) in [6, 6.07) is 15.3. The monoisotopic (exact) mass is 355 g/mol. The Kier molecular flexibility index (Phi) is 3.56. The van der Waals surface area contributed by atoms with Crippen LogP contribution >= 0.6 is 0 Å². The molecule has 25 heavy (non-hydrogen) atoms. The van der Waals surface area contributed by atoms with E-state index in [1.54, 1.807) is 12.1 Å². The second-order valence-corrected chi connectivity index (χ2v) is 10.2. The minimum atomic E-state index is -3.33. The van der Waals surface area contributed by atoms with Gasteiger partial charge in [-0.25, -0.2) is 8.42 Å². The van der Waals surface area contributed by atoms with Crippen LogP contribution in [0.1, 0.15) is 43.7 Å². The van der Waals surface area contributed by atoms with Crippen molar-refractivity contribution in [2.45, 2.75) is 55.1 Å². The second-order valence-electron chi connectivity index (χ2n) is 7.89. The fourth-order valence-electron chi connectivity index (χ4n) is 5.17. The SMILES string of the molecule is Cc1ccc(S(=O)(=O)C(C)C23CCCC2(c2ccc(N)cc2)C3)cc1. The Morgan fingerprint density at radius 3 is 2.28 bits per heavy atom. The Hall–Kier alpha value is -1.81. The third-order valence-electron chi connectivity index (χ3n) is 6.73. The molecule has 0 spiro atoms. The van der Waals surface area contributed by atoms with Gasteiger partial charge in [-0.1, -0.05) is 36.2 Å². The molecule has 0 bridgehead atoms. The lowest BCUT2D eigenvalue weighted by Crippen LogP contribution is -2.32. The highest BCUT2D eigenvalue weighted by atomic mass is 32.2. The molecule has 2 aliphatic carbocycles. The van der Waals surface area contributed by atoms with Gasteiger partial charge < -0.3 is 5.73 Å². The fourth-order valence-corrected chi connectivity index (χ4v) is 7.11. The van der Waals surface area contributed by atoms with Gasteiger partial charge in [0, 0.05) is 11.1 Å². The van der Waals surface area contributed by atoms with Crippen LogP contribution in [0.4, 0.5) is 5.69 Å². The van der Waals surface area contributed by atoms with Gasteiger partial charge >= 0.3 is 0 Å². The maximum Gasteiger partial charge on any atom is 0.181 e. The molecule has 0 radical (unpaired) electrons. The molecule has 3 atom stereocenters. The summed E-state index contributed by atoms with van der Waals surface area (Å²) in [7, 11) is -3.33. The summed E-state index contributed by atoms with van der Waals surface area (Å²) >= 11 is 0. The zero-order valence-corrected chi connectivity index (χ0v) is 15.6. The lowest BCUT2D eigenvalue weighted by atomic mass is 9.87. The summed E-state index contributed by atoms with van der Waals surface area (Å²) in [5, 5.41) is -0.372. The van der Waals surface area contributed by atoms with Crippen LogP contribution in [-0.4, -0.2) is 13.7 Å². The molecule has 0 saturated heterocycles. The van der Waals surface area contributed by atoms with E-state index in [0.29, 0.717) is 4.90 Å². The lowest BCUT2D eigenvalue weighted by molar-refractivity contribution is 0.436. The van der Waals surface area contributed by atoms with Crippen molar-refractivity contribution in [1.82, 2.24) is 0 Å². The van der Waals surface area contributed by atoms with Gasteiger partial charge in [-0.2, -0.15) is 0 Å². The quantitative estimate of drug-likeness (QED) is 0.834. The van der Waals surface area contributed by atoms with Crippen LogP contribution in [0.2, 0.25) is 0 Å². The van der Waals surface area contributed by atoms with E-state index in [1.165, 1.54) is 5.56 Å². The predicted octanol–water partition coefficient (Wildman–Crippen LogP) is 4.25. The van der Waals surface area contributed by atoms with Crippen molar-refractivity contribution in [3.63, 3.8) is 0 Å². The molecule has 2 aliphatic rings. The normalized spacial score (nSPS) is 29.2. The van der Waals surface area contributed by atoms with Crippen LogP contribution in [0, 0.1) is 12.3 Å². The van der Waals surface area contributed by atoms with E-state index in [2.05, 4.69) is 12.1 Å². The minimum Gasteiger partial charge on any atom is -0.399 e. The number of hydrogen-bond acceptors (Lipinski definition) is 3. The highest BCUT2D eigenvalue weighted by Crippen LogP contribution is 2.76. The lowest BCUT2D eigenvalue weighted by Gasteiger charge is -2.26. The topological polar surface area (TPSA) is 60.2 Å². The average molecular weight is 356 g/mol. The standard InChI is InChI=1S/C21H25NO2S/c1-15-4-10-19(11-5-15)25(23,24)16(2)20-12-3-13-21(20,14-20)17-6-8-18(22)9-7-17/h4-11,16H,3,12-14,22H2,1-2H3. The molecule has 3 unspecified atom stereocenters. The Morgan fingerprint density at radius 2 is 1.64 bits per heavy atom. The Morgan fingerprint density at radius 1 is 1.00 bits per heavy atom. The van der Waals surface area contributed by atoms with Crippen molar-refractivity contribution in [1.29, 1.82) is 0 Å². The van der Waals surface area contributed by atoms with Gasteiger partial charge in [0.05, 0.1) is 10.1 Å². The van der Waals surface area contributed by atoms with Gasteiger partial charge in [-0.15, -0.1) is 0 Å². The molecule has 2 saturated carbocycles. The number of benzene rings is 2. The Balaban J connectivity index is 1.71. The van der Waals surface area contributed by atoms with E-state index >= 15 is 0 Å². The Bertz CT molecular complexity index is 902. The number of fused-ring (bicyclic) bond motifs is 1. The zero-order chi connectivity index (χ0) is 17.9. The maximum atomic E-state index is 13.3. The summed E-state index contributed by atoms with van der Waals surface area (Å²) in [5.41, 5.74) is 8.80. The molecular formula is C21H25NO2S. The summed E-state index contributed by atoms with van der Waals surface area (Å²) in [4.78, 5) is 0.449. The molecule has 132 valence electrons. The van der Waals surface area contributed by atoms with Crippen molar-refractivity contribution < 1.29 is 8.42 Å². The van der Waals surface area contributed by atoms with Crippen LogP contribution in [0.5, 0.6) is 0 Å². The molecule has 0 aliphatic heterocycles. The van der Waals surface area contributed by atoms with Crippen LogP contribution in [0.25, 0.3) is 0 Å². The number of aryl methyl sites for hydroxylation is 1. The van der Waals surface area contributed by atoms with Crippen LogP contribution in [-0.2, 0) is 15.3 Å². The van der Waals surface area contributed by atoms with Crippen LogP contribution < -0.4 is 5.73 Å². The number of rotatable bonds is 4. The predicted molar refractivity (Wildman–Crippen MR) is 101 cm³/mol. The van der Waals surface area contributed by atoms with E-state index in [0.717, 1.165) is 36.9 Å². The summed E-state index contributed by atoms with van der Waals surface area (Å²) in [5.74, 6) is 0. The molecule has 0 amide bonds. The van der Waals surface area contributed by atoms with Gasteiger partial charge in [0.2, 0.25) is 0 Å². The summed E-state index contributed by atoms with van der Waals surface area (Å²) in [6.07, 6.45) is 4.13. The number of sulfone groups is 1. The van der Waals surface area contributed by atoms with Crippen molar-refractivity contribution in [3.05, 3.63) is 59.7 Å². The molecule has 0 aromatic heterocycles. The molecule has 2 N–H and O–H groups in total. The average Bonchev–Trinajstić information content (AvgIpc) is 3.12. The fraction of sp³-hybridized carbons (Fsp3) is 0.429. The first-order valence-electron chi connectivity index (χ1n) is 8.98. The van der Waals surface area contributed by atoms with Gasteiger partial charge in [-0.3, -0.25) is 0 Å². The highest BCUT2D eigenvalue weighted by molar-refractivity contribution is 7.92. The molecule has 4 heteroatoms.